The third-order valence-corrected chi connectivity index (χ3v) is 1.69. The highest BCUT2D eigenvalue weighted by Crippen LogP contribution is 2.21. The first-order chi connectivity index (χ1) is 5.36. The zero-order valence-electron chi connectivity index (χ0n) is 5.96. The van der Waals surface area contributed by atoms with Gasteiger partial charge in [0.15, 0.2) is 5.78 Å². The van der Waals surface area contributed by atoms with Gasteiger partial charge in [-0.2, -0.15) is 0 Å². The Kier molecular flexibility index (Phi) is 1.39. The van der Waals surface area contributed by atoms with Crippen LogP contribution >= 0.6 is 0 Å². The van der Waals surface area contributed by atoms with Crippen LogP contribution in [-0.4, -0.2) is 12.4 Å². The first-order valence-corrected chi connectivity index (χ1v) is 3.50. The van der Waals surface area contributed by atoms with E-state index in [1.54, 1.807) is 12.1 Å². The fourth-order valence-corrected chi connectivity index (χ4v) is 1.15. The van der Waals surface area contributed by atoms with Gasteiger partial charge in [-0.3, -0.25) is 4.79 Å². The molecule has 0 spiro atoms. The van der Waals surface area contributed by atoms with Gasteiger partial charge < -0.3 is 4.74 Å². The Balaban J connectivity index is 2.41. The van der Waals surface area contributed by atoms with Gasteiger partial charge in [-0.15, -0.1) is 0 Å². The van der Waals surface area contributed by atoms with E-state index in [1.165, 1.54) is 0 Å². The fraction of sp³-hybridized carbons (Fsp3) is 0.222. The molecule has 2 rings (SSSR count). The molecule has 1 aliphatic rings. The largest absolute Gasteiger partial charge is 0.486 e. The molecule has 1 aliphatic heterocycles. The van der Waals surface area contributed by atoms with Crippen LogP contribution in [-0.2, 0) is 11.2 Å². The quantitative estimate of drug-likeness (QED) is 0.547. The summed E-state index contributed by atoms with van der Waals surface area (Å²) in [5.74, 6) is 0.941. The predicted molar refractivity (Wildman–Crippen MR) is 39.5 cm³/mol. The summed E-state index contributed by atoms with van der Waals surface area (Å²) in [4.78, 5) is 10.9. The minimum Gasteiger partial charge on any atom is -0.486 e. The molecule has 0 saturated heterocycles. The molecule has 0 unspecified atom stereocenters. The van der Waals surface area contributed by atoms with E-state index in [2.05, 4.69) is 6.07 Å². The van der Waals surface area contributed by atoms with Crippen LogP contribution in [0.2, 0.25) is 0 Å². The Labute approximate surface area is 64.8 Å². The lowest BCUT2D eigenvalue weighted by Gasteiger charge is -2.14. The molecule has 2 nitrogen and oxygen atoms in total. The monoisotopic (exact) mass is 147 g/mol. The first kappa shape index (κ1) is 6.40. The zero-order valence-corrected chi connectivity index (χ0v) is 5.96. The second-order valence-electron chi connectivity index (χ2n) is 2.54. The summed E-state index contributed by atoms with van der Waals surface area (Å²) in [5.41, 5.74) is 0.972. The van der Waals surface area contributed by atoms with E-state index in [1.807, 2.05) is 6.07 Å². The number of carbonyl (C=O) groups is 1. The molecule has 1 radical (unpaired) electrons. The van der Waals surface area contributed by atoms with Crippen LogP contribution in [0.1, 0.15) is 5.56 Å². The van der Waals surface area contributed by atoms with E-state index in [4.69, 9.17) is 4.74 Å². The van der Waals surface area contributed by atoms with Crippen molar-refractivity contribution in [1.82, 2.24) is 0 Å². The zero-order chi connectivity index (χ0) is 7.68. The summed E-state index contributed by atoms with van der Waals surface area (Å²) in [5, 5.41) is 0. The molecule has 0 fully saturated rings. The molecule has 0 amide bonds. The number of fused-ring (bicyclic) bond motifs is 1. The van der Waals surface area contributed by atoms with Crippen molar-refractivity contribution in [3.63, 3.8) is 0 Å². The predicted octanol–water partition coefficient (Wildman–Crippen LogP) is 0.991. The minimum absolute atomic E-state index is 0.142. The average molecular weight is 147 g/mol. The maximum Gasteiger partial charge on any atom is 0.174 e. The molecular weight excluding hydrogens is 140 g/mol. The Hall–Kier alpha value is -1.31. The number of hydrogen-bond acceptors (Lipinski definition) is 2. The van der Waals surface area contributed by atoms with Crippen molar-refractivity contribution in [3.8, 4) is 5.75 Å². The smallest absolute Gasteiger partial charge is 0.174 e. The topological polar surface area (TPSA) is 26.3 Å². The Morgan fingerprint density at radius 1 is 1.55 bits per heavy atom. The third kappa shape index (κ3) is 1.11. The van der Waals surface area contributed by atoms with Crippen molar-refractivity contribution in [2.24, 2.45) is 0 Å². The molecule has 1 aromatic rings. The molecular formula is C9H7O2. The number of hydrogen-bond donors (Lipinski definition) is 0. The lowest BCUT2D eigenvalue weighted by atomic mass is 10.1. The van der Waals surface area contributed by atoms with Crippen LogP contribution in [0.25, 0.3) is 0 Å². The van der Waals surface area contributed by atoms with Crippen molar-refractivity contribution in [1.29, 1.82) is 0 Å². The minimum atomic E-state index is 0.142. The molecule has 0 N–H and O–H groups in total. The van der Waals surface area contributed by atoms with Crippen LogP contribution in [0.4, 0.5) is 0 Å². The van der Waals surface area contributed by atoms with Gasteiger partial charge in [0.2, 0.25) is 0 Å². The van der Waals surface area contributed by atoms with E-state index in [-0.39, 0.29) is 12.4 Å². The van der Waals surface area contributed by atoms with Crippen LogP contribution < -0.4 is 4.74 Å². The van der Waals surface area contributed by atoms with Crippen LogP contribution in [0, 0.1) is 6.07 Å². The second kappa shape index (κ2) is 2.38. The number of ketones is 1. The van der Waals surface area contributed by atoms with Crippen molar-refractivity contribution in [2.45, 2.75) is 6.42 Å². The molecule has 1 heterocycles. The molecule has 2 heteroatoms. The van der Waals surface area contributed by atoms with E-state index >= 15 is 0 Å². The van der Waals surface area contributed by atoms with Crippen molar-refractivity contribution in [2.75, 3.05) is 6.61 Å². The fourth-order valence-electron chi connectivity index (χ4n) is 1.15. The normalized spacial score (nSPS) is 15.5. The van der Waals surface area contributed by atoms with E-state index < -0.39 is 0 Å². The third-order valence-electron chi connectivity index (χ3n) is 1.69. The molecule has 0 atom stereocenters. The maximum atomic E-state index is 10.9. The van der Waals surface area contributed by atoms with E-state index in [0.717, 1.165) is 11.3 Å². The van der Waals surface area contributed by atoms with E-state index in [0.29, 0.717) is 6.42 Å². The van der Waals surface area contributed by atoms with Gasteiger partial charge in [0.1, 0.15) is 12.4 Å². The van der Waals surface area contributed by atoms with Gasteiger partial charge >= 0.3 is 0 Å². The highest BCUT2D eigenvalue weighted by molar-refractivity contribution is 5.84. The number of Topliss-reactive ketones (excluding diaryl/α,β-unsaturated/α-hetero) is 1. The van der Waals surface area contributed by atoms with Gasteiger partial charge in [0.25, 0.3) is 0 Å². The van der Waals surface area contributed by atoms with Crippen molar-refractivity contribution < 1.29 is 9.53 Å². The summed E-state index contributed by atoms with van der Waals surface area (Å²) in [6, 6.07) is 8.32. The summed E-state index contributed by atoms with van der Waals surface area (Å²) in [6.45, 7) is 0.213. The van der Waals surface area contributed by atoms with Crippen molar-refractivity contribution in [3.05, 3.63) is 29.8 Å². The Morgan fingerprint density at radius 3 is 3.36 bits per heavy atom. The number of ether oxygens (including phenoxy) is 1. The first-order valence-electron chi connectivity index (χ1n) is 3.50. The van der Waals surface area contributed by atoms with E-state index in [9.17, 15) is 4.79 Å². The average Bonchev–Trinajstić information content (AvgIpc) is 2.04. The van der Waals surface area contributed by atoms with Gasteiger partial charge in [0, 0.05) is 12.0 Å². The lowest BCUT2D eigenvalue weighted by molar-refractivity contribution is -0.121. The SMILES string of the molecule is O=C1COc2c[c]ccc2C1. The molecule has 0 aliphatic carbocycles. The standard InChI is InChI=1S/C9H7O2/c10-8-5-7-3-1-2-4-9(7)11-6-8/h1,3-4H,5-6H2. The van der Waals surface area contributed by atoms with Gasteiger partial charge in [-0.05, 0) is 12.1 Å². The Bertz CT molecular complexity index is 291. The molecule has 0 aromatic heterocycles. The molecule has 1 aromatic carbocycles. The number of carbonyl (C=O) groups excluding carboxylic acids is 1. The van der Waals surface area contributed by atoms with Crippen LogP contribution in [0.3, 0.4) is 0 Å². The van der Waals surface area contributed by atoms with Gasteiger partial charge in [0.05, 0.1) is 0 Å². The maximum absolute atomic E-state index is 10.9. The molecule has 0 saturated carbocycles. The van der Waals surface area contributed by atoms with Crippen molar-refractivity contribution >= 4 is 5.78 Å². The summed E-state index contributed by atoms with van der Waals surface area (Å²) in [6.07, 6.45) is 0.504. The molecule has 55 valence electrons. The highest BCUT2D eigenvalue weighted by atomic mass is 16.5. The lowest BCUT2D eigenvalue weighted by Crippen LogP contribution is -2.19. The summed E-state index contributed by atoms with van der Waals surface area (Å²) < 4.78 is 5.15. The van der Waals surface area contributed by atoms with Crippen LogP contribution in [0.15, 0.2) is 18.2 Å². The second-order valence-corrected chi connectivity index (χ2v) is 2.54. The number of benzene rings is 1. The highest BCUT2D eigenvalue weighted by Gasteiger charge is 2.14. The number of rotatable bonds is 0. The van der Waals surface area contributed by atoms with Gasteiger partial charge in [-0.25, -0.2) is 0 Å². The van der Waals surface area contributed by atoms with Gasteiger partial charge in [-0.1, -0.05) is 12.1 Å². The Morgan fingerprint density at radius 2 is 2.45 bits per heavy atom. The molecule has 0 bridgehead atoms. The molecule has 11 heavy (non-hydrogen) atoms. The summed E-state index contributed by atoms with van der Waals surface area (Å²) >= 11 is 0. The van der Waals surface area contributed by atoms with Crippen LogP contribution in [0.5, 0.6) is 5.75 Å². The summed E-state index contributed by atoms with van der Waals surface area (Å²) in [7, 11) is 0.